The second-order valence-electron chi connectivity index (χ2n) is 7.02. The zero-order valence-corrected chi connectivity index (χ0v) is 13.9. The van der Waals surface area contributed by atoms with E-state index in [4.69, 9.17) is 0 Å². The van der Waals surface area contributed by atoms with Crippen molar-refractivity contribution in [2.24, 2.45) is 0 Å². The molecule has 1 N–H and O–H groups in total. The normalized spacial score (nSPS) is 24.1. The van der Waals surface area contributed by atoms with Gasteiger partial charge in [-0.25, -0.2) is 4.98 Å². The first-order chi connectivity index (χ1) is 11.3. The van der Waals surface area contributed by atoms with E-state index in [1.54, 1.807) is 6.33 Å². The Morgan fingerprint density at radius 2 is 2.00 bits per heavy atom. The van der Waals surface area contributed by atoms with E-state index in [0.29, 0.717) is 11.8 Å². The summed E-state index contributed by atoms with van der Waals surface area (Å²) in [5.74, 6) is 1.69. The molecule has 1 saturated heterocycles. The second-order valence-corrected chi connectivity index (χ2v) is 7.02. The van der Waals surface area contributed by atoms with E-state index in [0.717, 1.165) is 24.1 Å². The number of aryl methyl sites for hydroxylation is 1. The number of nitrogens with zero attached hydrogens (tertiary/aromatic N) is 5. The maximum Gasteiger partial charge on any atom is 0.254 e. The molecule has 2 aliphatic rings. The number of hydrogen-bond acceptors (Lipinski definition) is 5. The molecule has 2 aromatic heterocycles. The maximum atomic E-state index is 4.42. The molecule has 1 saturated carbocycles. The number of aromatic nitrogens is 4. The number of nitrogens with one attached hydrogen (secondary N) is 1. The molecule has 3 heterocycles. The fraction of sp³-hybridized carbons (Fsp3) is 0.706. The van der Waals surface area contributed by atoms with Gasteiger partial charge in [-0.1, -0.05) is 19.3 Å². The summed E-state index contributed by atoms with van der Waals surface area (Å²) in [7, 11) is 0. The van der Waals surface area contributed by atoms with Crippen molar-refractivity contribution in [3.8, 4) is 0 Å². The van der Waals surface area contributed by atoms with Crippen molar-refractivity contribution in [3.05, 3.63) is 18.1 Å². The van der Waals surface area contributed by atoms with Gasteiger partial charge < -0.3 is 5.32 Å². The van der Waals surface area contributed by atoms with Crippen LogP contribution in [0.4, 0.5) is 5.82 Å². The van der Waals surface area contributed by atoms with Crippen LogP contribution in [0.3, 0.4) is 0 Å². The number of fused-ring (bicyclic) bond motifs is 1. The smallest absolute Gasteiger partial charge is 0.254 e. The molecule has 0 amide bonds. The molecule has 2 aromatic rings. The van der Waals surface area contributed by atoms with Crippen LogP contribution >= 0.6 is 0 Å². The molecule has 0 aromatic carbocycles. The van der Waals surface area contributed by atoms with E-state index < -0.39 is 0 Å². The Bertz CT molecular complexity index is 660. The summed E-state index contributed by atoms with van der Waals surface area (Å²) >= 11 is 0. The largest absolute Gasteiger partial charge is 0.366 e. The monoisotopic (exact) mass is 314 g/mol. The first-order valence-corrected chi connectivity index (χ1v) is 8.97. The fourth-order valence-electron chi connectivity index (χ4n) is 4.14. The standard InChI is InChI=1S/C17H26N6/c1-13-10-16(23-17(20-13)18-12-19-23)21-14-6-5-9-22(11-14)15-7-3-2-4-8-15/h10,12,14-15,21H,2-9,11H2,1H3. The van der Waals surface area contributed by atoms with E-state index in [1.807, 2.05) is 11.4 Å². The summed E-state index contributed by atoms with van der Waals surface area (Å²) in [6.45, 7) is 4.41. The van der Waals surface area contributed by atoms with E-state index in [2.05, 4.69) is 31.3 Å². The number of rotatable bonds is 3. The molecule has 1 unspecified atom stereocenters. The van der Waals surface area contributed by atoms with Gasteiger partial charge in [-0.2, -0.15) is 14.6 Å². The number of piperidine rings is 1. The highest BCUT2D eigenvalue weighted by Crippen LogP contribution is 2.26. The third kappa shape index (κ3) is 3.17. The minimum absolute atomic E-state index is 0.486. The van der Waals surface area contributed by atoms with Gasteiger partial charge in [-0.3, -0.25) is 4.90 Å². The Morgan fingerprint density at radius 1 is 1.13 bits per heavy atom. The molecule has 6 nitrogen and oxygen atoms in total. The third-order valence-corrected chi connectivity index (χ3v) is 5.28. The van der Waals surface area contributed by atoms with Gasteiger partial charge in [-0.15, -0.1) is 0 Å². The molecule has 0 bridgehead atoms. The number of hydrogen-bond donors (Lipinski definition) is 1. The molecular formula is C17H26N6. The van der Waals surface area contributed by atoms with Gasteiger partial charge in [0.05, 0.1) is 0 Å². The molecule has 1 aliphatic heterocycles. The molecule has 0 spiro atoms. The zero-order chi connectivity index (χ0) is 15.6. The molecule has 4 rings (SSSR count). The van der Waals surface area contributed by atoms with Gasteiger partial charge in [0.25, 0.3) is 5.78 Å². The van der Waals surface area contributed by atoms with Crippen LogP contribution in [-0.4, -0.2) is 49.7 Å². The van der Waals surface area contributed by atoms with Crippen LogP contribution in [-0.2, 0) is 0 Å². The van der Waals surface area contributed by atoms with E-state index in [9.17, 15) is 0 Å². The highest BCUT2D eigenvalue weighted by atomic mass is 15.4. The van der Waals surface area contributed by atoms with Crippen molar-refractivity contribution in [1.82, 2.24) is 24.5 Å². The highest BCUT2D eigenvalue weighted by molar-refractivity contribution is 5.45. The minimum atomic E-state index is 0.486. The van der Waals surface area contributed by atoms with Crippen molar-refractivity contribution >= 4 is 11.6 Å². The van der Waals surface area contributed by atoms with Gasteiger partial charge in [0.1, 0.15) is 12.1 Å². The number of likely N-dealkylation sites (tertiary alicyclic amines) is 1. The van der Waals surface area contributed by atoms with Crippen LogP contribution in [0.15, 0.2) is 12.4 Å². The van der Waals surface area contributed by atoms with Crippen molar-refractivity contribution in [2.45, 2.75) is 64.0 Å². The fourth-order valence-corrected chi connectivity index (χ4v) is 4.14. The summed E-state index contributed by atoms with van der Waals surface area (Å²) in [4.78, 5) is 11.3. The van der Waals surface area contributed by atoms with Crippen molar-refractivity contribution < 1.29 is 0 Å². The van der Waals surface area contributed by atoms with Crippen LogP contribution < -0.4 is 5.32 Å². The highest BCUT2D eigenvalue weighted by Gasteiger charge is 2.27. The lowest BCUT2D eigenvalue weighted by atomic mass is 9.92. The Morgan fingerprint density at radius 3 is 2.87 bits per heavy atom. The minimum Gasteiger partial charge on any atom is -0.366 e. The van der Waals surface area contributed by atoms with Crippen LogP contribution in [0.1, 0.15) is 50.6 Å². The maximum absolute atomic E-state index is 4.42. The van der Waals surface area contributed by atoms with Gasteiger partial charge in [0.2, 0.25) is 0 Å². The van der Waals surface area contributed by atoms with Crippen molar-refractivity contribution in [2.75, 3.05) is 18.4 Å². The van der Waals surface area contributed by atoms with E-state index in [1.165, 1.54) is 51.5 Å². The SMILES string of the molecule is Cc1cc(NC2CCCN(C3CCCCC3)C2)n2ncnc2n1. The predicted molar refractivity (Wildman–Crippen MR) is 90.6 cm³/mol. The topological polar surface area (TPSA) is 58.4 Å². The molecule has 2 fully saturated rings. The van der Waals surface area contributed by atoms with E-state index in [-0.39, 0.29) is 0 Å². The molecular weight excluding hydrogens is 288 g/mol. The predicted octanol–water partition coefficient (Wildman–Crippen LogP) is 2.64. The summed E-state index contributed by atoms with van der Waals surface area (Å²) < 4.78 is 1.81. The lowest BCUT2D eigenvalue weighted by Crippen LogP contribution is -2.47. The summed E-state index contributed by atoms with van der Waals surface area (Å²) in [5.41, 5.74) is 0.980. The van der Waals surface area contributed by atoms with Crippen LogP contribution in [0.2, 0.25) is 0 Å². The van der Waals surface area contributed by atoms with Crippen LogP contribution in [0, 0.1) is 6.92 Å². The van der Waals surface area contributed by atoms with Gasteiger partial charge in [0.15, 0.2) is 0 Å². The Labute approximate surface area is 137 Å². The average Bonchev–Trinajstić information content (AvgIpc) is 3.04. The first kappa shape index (κ1) is 14.9. The molecule has 6 heteroatoms. The molecule has 23 heavy (non-hydrogen) atoms. The summed E-state index contributed by atoms with van der Waals surface area (Å²) in [6, 6.07) is 3.36. The first-order valence-electron chi connectivity index (χ1n) is 8.97. The van der Waals surface area contributed by atoms with E-state index >= 15 is 0 Å². The second kappa shape index (κ2) is 6.43. The molecule has 1 atom stereocenters. The summed E-state index contributed by atoms with van der Waals surface area (Å²) in [5, 5.41) is 8.00. The lowest BCUT2D eigenvalue weighted by molar-refractivity contribution is 0.124. The number of anilines is 1. The quantitative estimate of drug-likeness (QED) is 0.944. The molecule has 124 valence electrons. The Balaban J connectivity index is 1.48. The zero-order valence-electron chi connectivity index (χ0n) is 13.9. The van der Waals surface area contributed by atoms with Crippen molar-refractivity contribution in [1.29, 1.82) is 0 Å². The molecule has 0 radical (unpaired) electrons. The van der Waals surface area contributed by atoms with Crippen LogP contribution in [0.25, 0.3) is 5.78 Å². The summed E-state index contributed by atoms with van der Waals surface area (Å²) in [6.07, 6.45) is 11.1. The Kier molecular flexibility index (Phi) is 4.16. The average molecular weight is 314 g/mol. The van der Waals surface area contributed by atoms with Gasteiger partial charge in [0, 0.05) is 30.4 Å². The van der Waals surface area contributed by atoms with Gasteiger partial charge in [-0.05, 0) is 39.2 Å². The Hall–Kier alpha value is -1.69. The van der Waals surface area contributed by atoms with Crippen LogP contribution in [0.5, 0.6) is 0 Å². The van der Waals surface area contributed by atoms with Crippen molar-refractivity contribution in [3.63, 3.8) is 0 Å². The molecule has 1 aliphatic carbocycles. The van der Waals surface area contributed by atoms with Gasteiger partial charge >= 0.3 is 0 Å². The lowest BCUT2D eigenvalue weighted by Gasteiger charge is -2.40. The third-order valence-electron chi connectivity index (χ3n) is 5.28.